The molecule has 29 heavy (non-hydrogen) atoms. The van der Waals surface area contributed by atoms with Crippen molar-refractivity contribution < 1.29 is 27.8 Å². The summed E-state index contributed by atoms with van der Waals surface area (Å²) < 4.78 is 42.4. The number of hydrogen-bond acceptors (Lipinski definition) is 5. The highest BCUT2D eigenvalue weighted by molar-refractivity contribution is 5.88. The van der Waals surface area contributed by atoms with Crippen LogP contribution in [0.1, 0.15) is 11.3 Å². The van der Waals surface area contributed by atoms with Gasteiger partial charge in [0.25, 0.3) is 0 Å². The number of aliphatic hydroxyl groups excluding tert-OH is 1. The summed E-state index contributed by atoms with van der Waals surface area (Å²) in [6.45, 7) is 3.30. The highest BCUT2D eigenvalue weighted by atomic mass is 19.4. The summed E-state index contributed by atoms with van der Waals surface area (Å²) in [6.07, 6.45) is -2.12. The summed E-state index contributed by atoms with van der Waals surface area (Å²) in [5.41, 5.74) is 1.88. The Kier molecular flexibility index (Phi) is 5.55. The van der Waals surface area contributed by atoms with Crippen LogP contribution in [0.5, 0.6) is 5.75 Å². The maximum absolute atomic E-state index is 12.4. The van der Waals surface area contributed by atoms with Crippen molar-refractivity contribution in [3.05, 3.63) is 60.4 Å². The van der Waals surface area contributed by atoms with E-state index in [0.29, 0.717) is 28.0 Å². The Hall–Kier alpha value is -3.40. The van der Waals surface area contributed by atoms with Crippen molar-refractivity contribution in [2.45, 2.75) is 19.5 Å². The third kappa shape index (κ3) is 4.37. The number of rotatable bonds is 6. The molecule has 0 saturated heterocycles. The molecule has 3 aromatic rings. The first kappa shape index (κ1) is 20.3. The van der Waals surface area contributed by atoms with E-state index in [-0.39, 0.29) is 24.8 Å². The van der Waals surface area contributed by atoms with Crippen molar-refractivity contribution in [3.8, 4) is 11.4 Å². The molecule has 0 atom stereocenters. The van der Waals surface area contributed by atoms with Gasteiger partial charge in [0.05, 0.1) is 24.5 Å². The molecule has 7 nitrogen and oxygen atoms in total. The number of halogens is 3. The fraction of sp³-hybridized carbons (Fsp3) is 0.211. The number of carbonyl (C=O) groups excluding carboxylic acids is 1. The van der Waals surface area contributed by atoms with Crippen molar-refractivity contribution in [3.63, 3.8) is 0 Å². The molecule has 2 heterocycles. The minimum atomic E-state index is -4.78. The zero-order chi connectivity index (χ0) is 21.2. The van der Waals surface area contributed by atoms with Crippen molar-refractivity contribution in [1.82, 2.24) is 19.7 Å². The number of pyridine rings is 1. The summed E-state index contributed by atoms with van der Waals surface area (Å²) in [4.78, 5) is 17.5. The van der Waals surface area contributed by atoms with Gasteiger partial charge in [-0.2, -0.15) is 5.10 Å². The lowest BCUT2D eigenvalue weighted by Crippen LogP contribution is -2.24. The quantitative estimate of drug-likeness (QED) is 0.637. The van der Waals surface area contributed by atoms with Gasteiger partial charge >= 0.3 is 6.36 Å². The Morgan fingerprint density at radius 2 is 2.00 bits per heavy atom. The van der Waals surface area contributed by atoms with Crippen molar-refractivity contribution in [2.75, 3.05) is 7.05 Å². The van der Waals surface area contributed by atoms with E-state index in [1.54, 1.807) is 13.1 Å². The monoisotopic (exact) mass is 406 g/mol. The van der Waals surface area contributed by atoms with Gasteiger partial charge in [0.15, 0.2) is 5.65 Å². The fourth-order valence-electron chi connectivity index (χ4n) is 2.85. The number of nitrogens with zero attached hydrogens (tertiary/aromatic N) is 4. The first-order valence-corrected chi connectivity index (χ1v) is 8.43. The molecular weight excluding hydrogens is 389 g/mol. The minimum absolute atomic E-state index is 0.127. The maximum atomic E-state index is 12.4. The van der Waals surface area contributed by atoms with Crippen LogP contribution in [-0.4, -0.2) is 44.1 Å². The molecule has 1 N–H and O–H groups in total. The summed E-state index contributed by atoms with van der Waals surface area (Å²) >= 11 is 0. The molecule has 0 fully saturated rings. The average Bonchev–Trinajstić information content (AvgIpc) is 3.05. The van der Waals surface area contributed by atoms with Crippen molar-refractivity contribution >= 4 is 16.9 Å². The van der Waals surface area contributed by atoms with Gasteiger partial charge in [-0.15, -0.1) is 13.2 Å². The number of amides is 1. The molecule has 2 aromatic heterocycles. The third-order valence-corrected chi connectivity index (χ3v) is 4.15. The summed E-state index contributed by atoms with van der Waals surface area (Å²) in [5.74, 6) is -0.672. The van der Waals surface area contributed by atoms with Crippen LogP contribution in [-0.2, 0) is 17.9 Å². The Balaban J connectivity index is 2.06. The largest absolute Gasteiger partial charge is 0.573 e. The fourth-order valence-corrected chi connectivity index (χ4v) is 2.85. The molecule has 0 radical (unpaired) electrons. The number of aliphatic hydroxyl groups is 1. The maximum Gasteiger partial charge on any atom is 0.573 e. The molecule has 0 aliphatic heterocycles. The van der Waals surface area contributed by atoms with E-state index in [2.05, 4.69) is 21.4 Å². The second-order valence-electron chi connectivity index (χ2n) is 6.13. The topological polar surface area (TPSA) is 80.5 Å². The van der Waals surface area contributed by atoms with E-state index in [1.165, 1.54) is 46.1 Å². The Bertz CT molecular complexity index is 1050. The number of carbonyl (C=O) groups is 1. The number of ether oxygens (including phenoxy) is 1. The molecule has 0 unspecified atom stereocenters. The van der Waals surface area contributed by atoms with Crippen LogP contribution >= 0.6 is 0 Å². The molecule has 0 aliphatic carbocycles. The highest BCUT2D eigenvalue weighted by Crippen LogP contribution is 2.27. The molecule has 0 aliphatic rings. The van der Waals surface area contributed by atoms with E-state index in [4.69, 9.17) is 0 Å². The van der Waals surface area contributed by atoms with Crippen LogP contribution in [0.3, 0.4) is 0 Å². The second-order valence-corrected chi connectivity index (χ2v) is 6.13. The SMILES string of the molecule is C=CC(=O)N(C)Cc1nn(-c2ccc(OC(F)(F)F)cc2)c2nccc(CO)c12. The first-order valence-electron chi connectivity index (χ1n) is 8.43. The molecule has 0 spiro atoms. The van der Waals surface area contributed by atoms with Crippen LogP contribution in [0.4, 0.5) is 13.2 Å². The Morgan fingerprint density at radius 3 is 2.59 bits per heavy atom. The van der Waals surface area contributed by atoms with E-state index in [9.17, 15) is 23.1 Å². The van der Waals surface area contributed by atoms with Gasteiger partial charge in [0.1, 0.15) is 5.75 Å². The first-order chi connectivity index (χ1) is 13.7. The smallest absolute Gasteiger partial charge is 0.406 e. The molecule has 0 saturated carbocycles. The van der Waals surface area contributed by atoms with E-state index < -0.39 is 6.36 Å². The Morgan fingerprint density at radius 1 is 1.31 bits per heavy atom. The van der Waals surface area contributed by atoms with Crippen molar-refractivity contribution in [1.29, 1.82) is 0 Å². The molecule has 152 valence electrons. The van der Waals surface area contributed by atoms with E-state index >= 15 is 0 Å². The number of fused-ring (bicyclic) bond motifs is 1. The minimum Gasteiger partial charge on any atom is -0.406 e. The number of aromatic nitrogens is 3. The van der Waals surface area contributed by atoms with Crippen LogP contribution in [0, 0.1) is 0 Å². The molecule has 1 amide bonds. The zero-order valence-electron chi connectivity index (χ0n) is 15.3. The lowest BCUT2D eigenvalue weighted by atomic mass is 10.1. The highest BCUT2D eigenvalue weighted by Gasteiger charge is 2.31. The molecule has 1 aromatic carbocycles. The summed E-state index contributed by atoms with van der Waals surface area (Å²) in [6, 6.07) is 6.78. The van der Waals surface area contributed by atoms with Gasteiger partial charge in [-0.1, -0.05) is 6.58 Å². The molecule has 10 heteroatoms. The normalized spacial score (nSPS) is 11.5. The lowest BCUT2D eigenvalue weighted by Gasteiger charge is -2.13. The molecule has 0 bridgehead atoms. The van der Waals surface area contributed by atoms with Gasteiger partial charge in [-0.05, 0) is 42.0 Å². The predicted molar refractivity (Wildman–Crippen MR) is 98.1 cm³/mol. The van der Waals surface area contributed by atoms with Crippen LogP contribution in [0.2, 0.25) is 0 Å². The van der Waals surface area contributed by atoms with Gasteiger partial charge in [-0.25, -0.2) is 9.67 Å². The van der Waals surface area contributed by atoms with Crippen LogP contribution in [0.15, 0.2) is 49.2 Å². The zero-order valence-corrected chi connectivity index (χ0v) is 15.3. The van der Waals surface area contributed by atoms with Crippen LogP contribution < -0.4 is 4.74 Å². The molecule has 3 rings (SSSR count). The van der Waals surface area contributed by atoms with Crippen LogP contribution in [0.25, 0.3) is 16.7 Å². The second kappa shape index (κ2) is 7.92. The predicted octanol–water partition coefficient (Wildman–Crippen LogP) is 2.96. The number of benzene rings is 1. The standard InChI is InChI=1S/C19H17F3N4O3/c1-3-16(28)25(2)10-15-17-12(11-27)8-9-23-18(17)26(24-15)13-4-6-14(7-5-13)29-19(20,21)22/h3-9,27H,1,10-11H2,2H3. The third-order valence-electron chi connectivity index (χ3n) is 4.15. The van der Waals surface area contributed by atoms with Gasteiger partial charge in [-0.3, -0.25) is 4.79 Å². The summed E-state index contributed by atoms with van der Waals surface area (Å²) in [7, 11) is 1.58. The average molecular weight is 406 g/mol. The van der Waals surface area contributed by atoms with Gasteiger partial charge in [0.2, 0.25) is 5.91 Å². The van der Waals surface area contributed by atoms with E-state index in [0.717, 1.165) is 0 Å². The molecular formula is C19H17F3N4O3. The lowest BCUT2D eigenvalue weighted by molar-refractivity contribution is -0.274. The Labute approximate surface area is 163 Å². The van der Waals surface area contributed by atoms with Gasteiger partial charge < -0.3 is 14.7 Å². The number of likely N-dealkylation sites (N-methyl/N-ethyl adjacent to an activating group) is 1. The summed E-state index contributed by atoms with van der Waals surface area (Å²) in [5, 5.41) is 14.7. The van der Waals surface area contributed by atoms with Crippen molar-refractivity contribution in [2.24, 2.45) is 0 Å². The van der Waals surface area contributed by atoms with Gasteiger partial charge in [0, 0.05) is 18.6 Å². The number of hydrogen-bond donors (Lipinski definition) is 1. The number of alkyl halides is 3. The van der Waals surface area contributed by atoms with E-state index in [1.807, 2.05) is 0 Å².